The van der Waals surface area contributed by atoms with E-state index >= 15 is 0 Å². The molecule has 0 spiro atoms. The van der Waals surface area contributed by atoms with Crippen molar-refractivity contribution in [3.63, 3.8) is 0 Å². The van der Waals surface area contributed by atoms with Gasteiger partial charge in [-0.15, -0.1) is 0 Å². The van der Waals surface area contributed by atoms with Gasteiger partial charge in [0.05, 0.1) is 41.5 Å². The maximum atomic E-state index is 13.3. The summed E-state index contributed by atoms with van der Waals surface area (Å²) in [6.07, 6.45) is 0.318. The van der Waals surface area contributed by atoms with Crippen LogP contribution in [0.15, 0.2) is 54.6 Å². The van der Waals surface area contributed by atoms with Crippen LogP contribution in [0.1, 0.15) is 33.6 Å². The van der Waals surface area contributed by atoms with Gasteiger partial charge in [-0.3, -0.25) is 4.79 Å². The maximum absolute atomic E-state index is 13.3. The molecular formula is C25H23N5O. The van der Waals surface area contributed by atoms with Gasteiger partial charge in [0.1, 0.15) is 5.82 Å². The van der Waals surface area contributed by atoms with Crippen LogP contribution in [0.5, 0.6) is 0 Å². The van der Waals surface area contributed by atoms with E-state index in [0.717, 1.165) is 33.4 Å². The number of carbonyl (C=O) groups excluding carboxylic acids is 1. The second-order valence-corrected chi connectivity index (χ2v) is 7.65. The number of carbonyl (C=O) groups is 1. The Hall–Kier alpha value is -3.98. The third-order valence-corrected chi connectivity index (χ3v) is 5.20. The molecule has 4 aromatic rings. The molecule has 0 aliphatic carbocycles. The van der Waals surface area contributed by atoms with Gasteiger partial charge >= 0.3 is 0 Å². The largest absolute Gasteiger partial charge is 0.307 e. The molecule has 0 fully saturated rings. The molecule has 2 aromatic heterocycles. The summed E-state index contributed by atoms with van der Waals surface area (Å²) in [5.41, 5.74) is 6.14. The van der Waals surface area contributed by atoms with Gasteiger partial charge in [0.15, 0.2) is 0 Å². The lowest BCUT2D eigenvalue weighted by Gasteiger charge is -2.13. The Bertz CT molecular complexity index is 1330. The van der Waals surface area contributed by atoms with Gasteiger partial charge in [-0.25, -0.2) is 9.67 Å². The summed E-state index contributed by atoms with van der Waals surface area (Å²) in [5, 5.41) is 17.0. The topological polar surface area (TPSA) is 83.6 Å². The Morgan fingerprint density at radius 2 is 1.90 bits per heavy atom. The van der Waals surface area contributed by atoms with Crippen molar-refractivity contribution < 1.29 is 4.79 Å². The first-order valence-corrected chi connectivity index (χ1v) is 10.2. The SMILES string of the molecule is Cc1ccc(-c2cc(C(=O)Nc3cc(C)nn3CCC#N)c3ccccc3n2)c(C)c1. The van der Waals surface area contributed by atoms with E-state index in [2.05, 4.69) is 42.5 Å². The lowest BCUT2D eigenvalue weighted by atomic mass is 9.99. The summed E-state index contributed by atoms with van der Waals surface area (Å²) < 4.78 is 1.66. The minimum Gasteiger partial charge on any atom is -0.307 e. The van der Waals surface area contributed by atoms with Gasteiger partial charge in [-0.2, -0.15) is 10.4 Å². The number of hydrogen-bond acceptors (Lipinski definition) is 4. The van der Waals surface area contributed by atoms with Crippen LogP contribution in [0.4, 0.5) is 5.82 Å². The van der Waals surface area contributed by atoms with Crippen molar-refractivity contribution in [3.05, 3.63) is 77.0 Å². The first kappa shape index (κ1) is 20.3. The number of para-hydroxylation sites is 1. The fourth-order valence-electron chi connectivity index (χ4n) is 3.76. The molecule has 0 saturated heterocycles. The van der Waals surface area contributed by atoms with Crippen molar-refractivity contribution in [2.45, 2.75) is 33.7 Å². The number of nitriles is 1. The second-order valence-electron chi connectivity index (χ2n) is 7.65. The molecule has 2 heterocycles. The number of fused-ring (bicyclic) bond motifs is 1. The molecule has 6 heteroatoms. The summed E-state index contributed by atoms with van der Waals surface area (Å²) in [5.74, 6) is 0.342. The number of aryl methyl sites for hydroxylation is 4. The third kappa shape index (κ3) is 4.17. The first-order chi connectivity index (χ1) is 15.0. The monoisotopic (exact) mass is 409 g/mol. The molecule has 154 valence electrons. The zero-order chi connectivity index (χ0) is 22.0. The summed E-state index contributed by atoms with van der Waals surface area (Å²) >= 11 is 0. The smallest absolute Gasteiger partial charge is 0.257 e. The van der Waals surface area contributed by atoms with Crippen LogP contribution in [0.3, 0.4) is 0 Å². The fraction of sp³-hybridized carbons (Fsp3) is 0.200. The Morgan fingerprint density at radius 1 is 1.10 bits per heavy atom. The van der Waals surface area contributed by atoms with Crippen molar-refractivity contribution in [3.8, 4) is 17.3 Å². The van der Waals surface area contributed by atoms with Crippen molar-refractivity contribution in [2.75, 3.05) is 5.32 Å². The van der Waals surface area contributed by atoms with Gasteiger partial charge in [-0.05, 0) is 38.5 Å². The van der Waals surface area contributed by atoms with E-state index in [4.69, 9.17) is 10.2 Å². The summed E-state index contributed by atoms with van der Waals surface area (Å²) in [7, 11) is 0. The maximum Gasteiger partial charge on any atom is 0.257 e. The van der Waals surface area contributed by atoms with Crippen LogP contribution in [0, 0.1) is 32.1 Å². The summed E-state index contributed by atoms with van der Waals surface area (Å²) in [6.45, 7) is 6.39. The summed E-state index contributed by atoms with van der Waals surface area (Å²) in [4.78, 5) is 18.2. The van der Waals surface area contributed by atoms with Gasteiger partial charge < -0.3 is 5.32 Å². The molecule has 0 radical (unpaired) electrons. The van der Waals surface area contributed by atoms with E-state index in [0.29, 0.717) is 24.3 Å². The molecule has 0 atom stereocenters. The van der Waals surface area contributed by atoms with Gasteiger partial charge in [0.2, 0.25) is 0 Å². The lowest BCUT2D eigenvalue weighted by Crippen LogP contribution is -2.16. The highest BCUT2D eigenvalue weighted by Crippen LogP contribution is 2.28. The van der Waals surface area contributed by atoms with Crippen LogP contribution < -0.4 is 5.32 Å². The minimum atomic E-state index is -0.234. The second kappa shape index (κ2) is 8.41. The average Bonchev–Trinajstić information content (AvgIpc) is 3.10. The average molecular weight is 409 g/mol. The molecule has 1 N–H and O–H groups in total. The Morgan fingerprint density at radius 3 is 2.68 bits per heavy atom. The molecule has 1 amide bonds. The van der Waals surface area contributed by atoms with Gasteiger partial charge in [0.25, 0.3) is 5.91 Å². The van der Waals surface area contributed by atoms with E-state index in [1.807, 2.05) is 49.4 Å². The molecule has 0 saturated carbocycles. The molecule has 0 unspecified atom stereocenters. The van der Waals surface area contributed by atoms with Crippen LogP contribution in [0.2, 0.25) is 0 Å². The molecule has 4 rings (SSSR count). The highest BCUT2D eigenvalue weighted by atomic mass is 16.1. The number of nitrogens with one attached hydrogen (secondary N) is 1. The number of nitrogens with zero attached hydrogens (tertiary/aromatic N) is 4. The van der Waals surface area contributed by atoms with E-state index < -0.39 is 0 Å². The first-order valence-electron chi connectivity index (χ1n) is 10.2. The number of anilines is 1. The highest BCUT2D eigenvalue weighted by molar-refractivity contribution is 6.12. The third-order valence-electron chi connectivity index (χ3n) is 5.20. The molecular weight excluding hydrogens is 386 g/mol. The fourth-order valence-corrected chi connectivity index (χ4v) is 3.76. The van der Waals surface area contributed by atoms with Crippen LogP contribution in [0.25, 0.3) is 22.2 Å². The quantitative estimate of drug-likeness (QED) is 0.492. The normalized spacial score (nSPS) is 10.8. The zero-order valence-corrected chi connectivity index (χ0v) is 17.8. The van der Waals surface area contributed by atoms with Crippen molar-refractivity contribution in [1.82, 2.24) is 14.8 Å². The van der Waals surface area contributed by atoms with Crippen molar-refractivity contribution in [2.24, 2.45) is 0 Å². The number of rotatable bonds is 5. The molecule has 6 nitrogen and oxygen atoms in total. The van der Waals surface area contributed by atoms with Gasteiger partial charge in [0, 0.05) is 17.0 Å². The predicted molar refractivity (Wildman–Crippen MR) is 122 cm³/mol. The van der Waals surface area contributed by atoms with Crippen molar-refractivity contribution >= 4 is 22.6 Å². The van der Waals surface area contributed by atoms with Crippen molar-refractivity contribution in [1.29, 1.82) is 5.26 Å². The number of pyridine rings is 1. The lowest BCUT2D eigenvalue weighted by molar-refractivity contribution is 0.102. The zero-order valence-electron chi connectivity index (χ0n) is 17.8. The van der Waals surface area contributed by atoms with E-state index in [9.17, 15) is 4.79 Å². The Kier molecular flexibility index (Phi) is 5.50. The highest BCUT2D eigenvalue weighted by Gasteiger charge is 2.17. The number of amides is 1. The molecule has 0 aliphatic rings. The molecule has 2 aromatic carbocycles. The Balaban J connectivity index is 1.78. The molecule has 31 heavy (non-hydrogen) atoms. The predicted octanol–water partition coefficient (Wildman–Crippen LogP) is 5.19. The minimum absolute atomic E-state index is 0.234. The van der Waals surface area contributed by atoms with E-state index in [-0.39, 0.29) is 5.91 Å². The van der Waals surface area contributed by atoms with E-state index in [1.165, 1.54) is 5.56 Å². The number of aromatic nitrogens is 3. The number of benzene rings is 2. The molecule has 0 aliphatic heterocycles. The Labute approximate surface area is 181 Å². The van der Waals surface area contributed by atoms with E-state index in [1.54, 1.807) is 4.68 Å². The molecule has 0 bridgehead atoms. The van der Waals surface area contributed by atoms with Crippen LogP contribution in [-0.2, 0) is 6.54 Å². The van der Waals surface area contributed by atoms with Crippen LogP contribution in [-0.4, -0.2) is 20.7 Å². The number of hydrogen-bond donors (Lipinski definition) is 1. The standard InChI is InChI=1S/C25H23N5O/c1-16-9-10-19(17(2)13-16)23-15-21(20-7-4-5-8-22(20)27-23)25(31)28-24-14-18(3)29-30(24)12-6-11-26/h4-5,7-10,13-15H,6,12H2,1-3H3,(H,28,31). The summed E-state index contributed by atoms with van der Waals surface area (Å²) in [6, 6.07) is 19.6. The van der Waals surface area contributed by atoms with Gasteiger partial charge in [-0.1, -0.05) is 42.0 Å². The van der Waals surface area contributed by atoms with Crippen LogP contribution >= 0.6 is 0 Å².